The van der Waals surface area contributed by atoms with Crippen molar-refractivity contribution >= 4 is 33.7 Å². The number of hydrogen-bond acceptors (Lipinski definition) is 7. The largest absolute Gasteiger partial charge is 0.480 e. The number of nitrogens with zero attached hydrogens (tertiary/aromatic N) is 1. The summed E-state index contributed by atoms with van der Waals surface area (Å²) in [4.78, 5) is 37.1. The number of carboxylic acids is 1. The van der Waals surface area contributed by atoms with Crippen LogP contribution in [0.5, 0.6) is 0 Å². The first-order chi connectivity index (χ1) is 20.6. The van der Waals surface area contributed by atoms with Gasteiger partial charge in [0.1, 0.15) is 18.7 Å². The molecule has 1 aliphatic rings. The second kappa shape index (κ2) is 14.7. The van der Waals surface area contributed by atoms with E-state index in [4.69, 9.17) is 4.74 Å². The maximum Gasteiger partial charge on any atom is 0.407 e. The molecule has 3 aromatic rings. The molecular weight excluding hydrogens is 572 g/mol. The van der Waals surface area contributed by atoms with E-state index in [0.717, 1.165) is 21.1 Å². The summed E-state index contributed by atoms with van der Waals surface area (Å²) in [6, 6.07) is 20.6. The van der Waals surface area contributed by atoms with Crippen LogP contribution in [0.3, 0.4) is 0 Å². The predicted octanol–water partition coefficient (Wildman–Crippen LogP) is 3.30. The number of sulfonamides is 1. The Morgan fingerprint density at radius 2 is 1.65 bits per heavy atom. The molecular formula is C31H36N4O7S. The maximum absolute atomic E-state index is 13.2. The summed E-state index contributed by atoms with van der Waals surface area (Å²) in [6.07, 6.45) is 0.313. The van der Waals surface area contributed by atoms with E-state index >= 15 is 0 Å². The molecule has 11 nitrogen and oxygen atoms in total. The summed E-state index contributed by atoms with van der Waals surface area (Å²) in [5.41, 5.74) is 3.25. The molecule has 1 aliphatic heterocycles. The first-order valence-corrected chi connectivity index (χ1v) is 15.5. The number of amides is 2. The van der Waals surface area contributed by atoms with Crippen LogP contribution in [0.15, 0.2) is 83.8 Å². The molecule has 0 saturated carbocycles. The maximum atomic E-state index is 13.2. The van der Waals surface area contributed by atoms with E-state index in [9.17, 15) is 27.9 Å². The smallest absolute Gasteiger partial charge is 0.407 e. The molecule has 1 fully saturated rings. The molecule has 43 heavy (non-hydrogen) atoms. The number of rotatable bonds is 13. The van der Waals surface area contributed by atoms with Gasteiger partial charge in [0.2, 0.25) is 15.9 Å². The Morgan fingerprint density at radius 3 is 2.33 bits per heavy atom. The SMILES string of the molecule is Cc1ccc(S(=O)(=O)N2CCC[C@H]2C(=O)N[C@@H](Cc2ccc(NCCNC(=O)OCc3ccccc3)cc2)C(=O)O)cc1. The van der Waals surface area contributed by atoms with E-state index in [1.807, 2.05) is 37.3 Å². The van der Waals surface area contributed by atoms with Gasteiger partial charge in [-0.25, -0.2) is 18.0 Å². The van der Waals surface area contributed by atoms with Crippen molar-refractivity contribution in [2.45, 2.75) is 49.8 Å². The minimum absolute atomic E-state index is 0.0214. The van der Waals surface area contributed by atoms with Crippen LogP contribution < -0.4 is 16.0 Å². The van der Waals surface area contributed by atoms with Gasteiger partial charge in [0.15, 0.2) is 0 Å². The third-order valence-electron chi connectivity index (χ3n) is 7.08. The molecule has 1 saturated heterocycles. The Morgan fingerprint density at radius 1 is 0.953 bits per heavy atom. The van der Waals surface area contributed by atoms with Gasteiger partial charge in [-0.15, -0.1) is 0 Å². The second-order valence-electron chi connectivity index (χ2n) is 10.3. The number of carboxylic acid groups (broad SMARTS) is 1. The van der Waals surface area contributed by atoms with Crippen LogP contribution in [0.4, 0.5) is 10.5 Å². The topological polar surface area (TPSA) is 154 Å². The van der Waals surface area contributed by atoms with E-state index in [2.05, 4.69) is 16.0 Å². The van der Waals surface area contributed by atoms with Crippen molar-refractivity contribution in [3.8, 4) is 0 Å². The number of benzene rings is 3. The van der Waals surface area contributed by atoms with Gasteiger partial charge >= 0.3 is 12.1 Å². The number of aliphatic carboxylic acids is 1. The second-order valence-corrected chi connectivity index (χ2v) is 12.2. The summed E-state index contributed by atoms with van der Waals surface area (Å²) in [7, 11) is -3.91. The van der Waals surface area contributed by atoms with Crippen LogP contribution in [-0.4, -0.2) is 67.5 Å². The van der Waals surface area contributed by atoms with Crippen molar-refractivity contribution in [1.82, 2.24) is 14.9 Å². The average molecular weight is 609 g/mol. The molecule has 228 valence electrons. The number of nitrogens with one attached hydrogen (secondary N) is 3. The normalized spacial score (nSPS) is 15.8. The first kappa shape index (κ1) is 31.5. The zero-order valence-electron chi connectivity index (χ0n) is 23.9. The highest BCUT2D eigenvalue weighted by Gasteiger charge is 2.40. The Kier molecular flexibility index (Phi) is 10.7. The van der Waals surface area contributed by atoms with E-state index < -0.39 is 40.1 Å². The summed E-state index contributed by atoms with van der Waals surface area (Å²) in [5, 5.41) is 18.2. The van der Waals surface area contributed by atoms with E-state index in [1.54, 1.807) is 36.4 Å². The van der Waals surface area contributed by atoms with Gasteiger partial charge in [0.25, 0.3) is 0 Å². The molecule has 0 aliphatic carbocycles. The van der Waals surface area contributed by atoms with E-state index in [1.165, 1.54) is 12.1 Å². The molecule has 0 spiro atoms. The molecule has 3 aromatic carbocycles. The van der Waals surface area contributed by atoms with Crippen molar-refractivity contribution in [2.75, 3.05) is 25.0 Å². The van der Waals surface area contributed by atoms with Gasteiger partial charge in [-0.3, -0.25) is 4.79 Å². The van der Waals surface area contributed by atoms with Crippen molar-refractivity contribution < 1.29 is 32.6 Å². The van der Waals surface area contributed by atoms with E-state index in [-0.39, 0.29) is 24.5 Å². The molecule has 2 amide bonds. The fourth-order valence-electron chi connectivity index (χ4n) is 4.74. The quantitative estimate of drug-likeness (QED) is 0.216. The minimum Gasteiger partial charge on any atom is -0.480 e. The Hall–Kier alpha value is -4.42. The van der Waals surface area contributed by atoms with Crippen LogP contribution in [0, 0.1) is 6.92 Å². The van der Waals surface area contributed by atoms with Crippen molar-refractivity contribution in [1.29, 1.82) is 0 Å². The summed E-state index contributed by atoms with van der Waals surface area (Å²) in [5.74, 6) is -1.85. The lowest BCUT2D eigenvalue weighted by atomic mass is 10.0. The van der Waals surface area contributed by atoms with Gasteiger partial charge in [0, 0.05) is 31.7 Å². The third kappa shape index (κ3) is 8.79. The van der Waals surface area contributed by atoms with Crippen LogP contribution >= 0.6 is 0 Å². The van der Waals surface area contributed by atoms with Gasteiger partial charge < -0.3 is 25.8 Å². The summed E-state index contributed by atoms with van der Waals surface area (Å²) < 4.78 is 32.7. The molecule has 0 radical (unpaired) electrons. The van der Waals surface area contributed by atoms with Crippen LogP contribution in [-0.2, 0) is 37.4 Å². The molecule has 0 bridgehead atoms. The lowest BCUT2D eigenvalue weighted by molar-refractivity contribution is -0.142. The van der Waals surface area contributed by atoms with Crippen molar-refractivity contribution in [2.24, 2.45) is 0 Å². The Labute approximate surface area is 251 Å². The molecule has 0 unspecified atom stereocenters. The highest BCUT2D eigenvalue weighted by molar-refractivity contribution is 7.89. The lowest BCUT2D eigenvalue weighted by Crippen LogP contribution is -2.51. The average Bonchev–Trinajstić information content (AvgIpc) is 3.51. The highest BCUT2D eigenvalue weighted by atomic mass is 32.2. The number of hydrogen-bond donors (Lipinski definition) is 4. The number of anilines is 1. The fourth-order valence-corrected chi connectivity index (χ4v) is 6.40. The molecule has 4 N–H and O–H groups in total. The molecule has 2 atom stereocenters. The fraction of sp³-hybridized carbons (Fsp3) is 0.323. The van der Waals surface area contributed by atoms with Gasteiger partial charge in [-0.05, 0) is 55.2 Å². The third-order valence-corrected chi connectivity index (χ3v) is 9.00. The molecule has 12 heteroatoms. The standard InChI is InChI=1S/C31H36N4O7S/c1-22-9-15-26(16-10-22)43(40,41)35-19-5-8-28(35)29(36)34-27(30(37)38)20-23-11-13-25(14-12-23)32-17-18-33-31(39)42-21-24-6-3-2-4-7-24/h2-4,6-7,9-16,27-28,32H,5,8,17-21H2,1H3,(H,33,39)(H,34,36)(H,37,38)/t27-,28-/m0/s1. The number of carbonyl (C=O) groups excluding carboxylic acids is 2. The zero-order valence-corrected chi connectivity index (χ0v) is 24.7. The summed E-state index contributed by atoms with van der Waals surface area (Å²) >= 11 is 0. The van der Waals surface area contributed by atoms with Crippen LogP contribution in [0.1, 0.15) is 29.5 Å². The van der Waals surface area contributed by atoms with Crippen LogP contribution in [0.2, 0.25) is 0 Å². The number of ether oxygens (including phenoxy) is 1. The number of alkyl carbamates (subject to hydrolysis) is 1. The number of carbonyl (C=O) groups is 3. The zero-order chi connectivity index (χ0) is 30.8. The predicted molar refractivity (Wildman–Crippen MR) is 161 cm³/mol. The van der Waals surface area contributed by atoms with E-state index in [0.29, 0.717) is 31.5 Å². The number of aryl methyl sites for hydroxylation is 1. The lowest BCUT2D eigenvalue weighted by Gasteiger charge is -2.25. The summed E-state index contributed by atoms with van der Waals surface area (Å²) in [6.45, 7) is 3.00. The monoisotopic (exact) mass is 608 g/mol. The molecule has 0 aromatic heterocycles. The van der Waals surface area contributed by atoms with Crippen LogP contribution in [0.25, 0.3) is 0 Å². The molecule has 1 heterocycles. The minimum atomic E-state index is -3.91. The Balaban J connectivity index is 1.25. The highest BCUT2D eigenvalue weighted by Crippen LogP contribution is 2.26. The van der Waals surface area contributed by atoms with Crippen molar-refractivity contribution in [3.05, 3.63) is 95.6 Å². The van der Waals surface area contributed by atoms with Gasteiger partial charge in [-0.1, -0.05) is 60.2 Å². The Bertz CT molecular complexity index is 1500. The van der Waals surface area contributed by atoms with Gasteiger partial charge in [-0.2, -0.15) is 4.31 Å². The molecule has 4 rings (SSSR count). The van der Waals surface area contributed by atoms with Gasteiger partial charge in [0.05, 0.1) is 4.90 Å². The van der Waals surface area contributed by atoms with Crippen molar-refractivity contribution in [3.63, 3.8) is 0 Å². The first-order valence-electron chi connectivity index (χ1n) is 14.0.